The minimum absolute atomic E-state index is 0.146. The van der Waals surface area contributed by atoms with Crippen LogP contribution in [-0.2, 0) is 14.8 Å². The summed E-state index contributed by atoms with van der Waals surface area (Å²) in [6, 6.07) is 7.48. The molecular formula is C18H28N4O3S. The maximum Gasteiger partial charge on any atom is 0.243 e. The first kappa shape index (κ1) is 19.0. The summed E-state index contributed by atoms with van der Waals surface area (Å²) in [6.07, 6.45) is 3.53. The molecule has 1 aromatic rings. The van der Waals surface area contributed by atoms with Crippen molar-refractivity contribution in [3.63, 3.8) is 0 Å². The van der Waals surface area contributed by atoms with Gasteiger partial charge in [-0.25, -0.2) is 8.42 Å². The van der Waals surface area contributed by atoms with E-state index in [0.29, 0.717) is 18.8 Å². The van der Waals surface area contributed by atoms with Crippen molar-refractivity contribution in [1.29, 1.82) is 0 Å². The van der Waals surface area contributed by atoms with Crippen LogP contribution in [-0.4, -0.2) is 83.2 Å². The SMILES string of the molecule is CN1CCN(C(=O)CN(c2ccc(N3CCCC3)cc2)S(C)(=O)=O)CC1. The third-order valence-corrected chi connectivity index (χ3v) is 6.28. The van der Waals surface area contributed by atoms with Crippen molar-refractivity contribution in [2.75, 3.05) is 68.3 Å². The molecule has 7 nitrogen and oxygen atoms in total. The van der Waals surface area contributed by atoms with Gasteiger partial charge in [-0.05, 0) is 44.2 Å². The maximum absolute atomic E-state index is 12.6. The summed E-state index contributed by atoms with van der Waals surface area (Å²) in [4.78, 5) is 18.8. The van der Waals surface area contributed by atoms with E-state index in [0.717, 1.165) is 38.1 Å². The van der Waals surface area contributed by atoms with E-state index in [1.54, 1.807) is 17.0 Å². The Morgan fingerprint density at radius 2 is 1.58 bits per heavy atom. The number of hydrogen-bond donors (Lipinski definition) is 0. The second kappa shape index (κ2) is 7.84. The van der Waals surface area contributed by atoms with Crippen LogP contribution >= 0.6 is 0 Å². The van der Waals surface area contributed by atoms with E-state index in [1.165, 1.54) is 17.1 Å². The molecule has 144 valence electrons. The molecule has 1 amide bonds. The number of sulfonamides is 1. The van der Waals surface area contributed by atoms with E-state index in [2.05, 4.69) is 9.80 Å². The zero-order valence-corrected chi connectivity index (χ0v) is 16.4. The number of rotatable bonds is 5. The smallest absolute Gasteiger partial charge is 0.243 e. The highest BCUT2D eigenvalue weighted by molar-refractivity contribution is 7.92. The van der Waals surface area contributed by atoms with Gasteiger partial charge in [0.15, 0.2) is 0 Å². The van der Waals surface area contributed by atoms with Crippen molar-refractivity contribution in [3.05, 3.63) is 24.3 Å². The third-order valence-electron chi connectivity index (χ3n) is 5.14. The second-order valence-corrected chi connectivity index (χ2v) is 9.07. The molecule has 2 heterocycles. The lowest BCUT2D eigenvalue weighted by atomic mass is 10.2. The first-order valence-electron chi connectivity index (χ1n) is 9.13. The number of carbonyl (C=O) groups is 1. The van der Waals surface area contributed by atoms with Gasteiger partial charge in [0.2, 0.25) is 15.9 Å². The Bertz CT molecular complexity index is 721. The maximum atomic E-state index is 12.6. The fraction of sp³-hybridized carbons (Fsp3) is 0.611. The number of piperazine rings is 1. The molecule has 0 unspecified atom stereocenters. The Balaban J connectivity index is 1.72. The number of likely N-dealkylation sites (N-methyl/N-ethyl adjacent to an activating group) is 1. The van der Waals surface area contributed by atoms with Gasteiger partial charge in [0.25, 0.3) is 0 Å². The Hall–Kier alpha value is -1.80. The van der Waals surface area contributed by atoms with Crippen LogP contribution in [0.2, 0.25) is 0 Å². The highest BCUT2D eigenvalue weighted by Gasteiger charge is 2.26. The average Bonchev–Trinajstić information content (AvgIpc) is 3.14. The predicted octanol–water partition coefficient (Wildman–Crippen LogP) is 0.827. The summed E-state index contributed by atoms with van der Waals surface area (Å²) in [5, 5.41) is 0. The Morgan fingerprint density at radius 3 is 2.12 bits per heavy atom. The molecule has 2 saturated heterocycles. The number of nitrogens with zero attached hydrogens (tertiary/aromatic N) is 4. The van der Waals surface area contributed by atoms with Crippen molar-refractivity contribution in [3.8, 4) is 0 Å². The summed E-state index contributed by atoms with van der Waals surface area (Å²) in [6.45, 7) is 4.84. The van der Waals surface area contributed by atoms with E-state index < -0.39 is 10.0 Å². The van der Waals surface area contributed by atoms with Crippen LogP contribution in [0.25, 0.3) is 0 Å². The average molecular weight is 381 g/mol. The van der Waals surface area contributed by atoms with Gasteiger partial charge < -0.3 is 14.7 Å². The molecule has 0 bridgehead atoms. The normalized spacial score (nSPS) is 19.0. The van der Waals surface area contributed by atoms with Crippen LogP contribution in [0, 0.1) is 0 Å². The monoisotopic (exact) mass is 380 g/mol. The van der Waals surface area contributed by atoms with Crippen molar-refractivity contribution in [2.24, 2.45) is 0 Å². The van der Waals surface area contributed by atoms with E-state index in [1.807, 2.05) is 19.2 Å². The van der Waals surface area contributed by atoms with Gasteiger partial charge in [-0.1, -0.05) is 0 Å². The van der Waals surface area contributed by atoms with Crippen LogP contribution in [0.15, 0.2) is 24.3 Å². The number of hydrogen-bond acceptors (Lipinski definition) is 5. The summed E-state index contributed by atoms with van der Waals surface area (Å²) in [5.41, 5.74) is 1.64. The fourth-order valence-electron chi connectivity index (χ4n) is 3.48. The first-order chi connectivity index (χ1) is 12.3. The highest BCUT2D eigenvalue weighted by Crippen LogP contribution is 2.25. The van der Waals surface area contributed by atoms with Gasteiger partial charge in [0.05, 0.1) is 11.9 Å². The van der Waals surface area contributed by atoms with Gasteiger partial charge in [0, 0.05) is 45.0 Å². The minimum Gasteiger partial charge on any atom is -0.372 e. The van der Waals surface area contributed by atoms with Gasteiger partial charge in [-0.3, -0.25) is 9.10 Å². The molecule has 0 N–H and O–H groups in total. The molecule has 0 aliphatic carbocycles. The zero-order valence-electron chi connectivity index (χ0n) is 15.6. The van der Waals surface area contributed by atoms with Crippen LogP contribution in [0.1, 0.15) is 12.8 Å². The summed E-state index contributed by atoms with van der Waals surface area (Å²) >= 11 is 0. The van der Waals surface area contributed by atoms with Crippen LogP contribution < -0.4 is 9.21 Å². The lowest BCUT2D eigenvalue weighted by Gasteiger charge is -2.34. The Kier molecular flexibility index (Phi) is 5.72. The molecule has 0 aromatic heterocycles. The summed E-state index contributed by atoms with van der Waals surface area (Å²) in [5.74, 6) is -0.146. The van der Waals surface area contributed by atoms with Crippen LogP contribution in [0.4, 0.5) is 11.4 Å². The molecule has 0 saturated carbocycles. The molecule has 0 atom stereocenters. The van der Waals surface area contributed by atoms with Crippen molar-refractivity contribution in [1.82, 2.24) is 9.80 Å². The van der Waals surface area contributed by atoms with Gasteiger partial charge in [-0.2, -0.15) is 0 Å². The molecule has 0 radical (unpaired) electrons. The third kappa shape index (κ3) is 4.48. The highest BCUT2D eigenvalue weighted by atomic mass is 32.2. The van der Waals surface area contributed by atoms with E-state index >= 15 is 0 Å². The molecule has 2 aliphatic rings. The lowest BCUT2D eigenvalue weighted by Crippen LogP contribution is -2.50. The molecule has 8 heteroatoms. The number of benzene rings is 1. The number of carbonyl (C=O) groups excluding carboxylic acids is 1. The lowest BCUT2D eigenvalue weighted by molar-refractivity contribution is -0.131. The molecule has 26 heavy (non-hydrogen) atoms. The van der Waals surface area contributed by atoms with Gasteiger partial charge in [-0.15, -0.1) is 0 Å². The van der Waals surface area contributed by atoms with Gasteiger partial charge >= 0.3 is 0 Å². The zero-order chi connectivity index (χ0) is 18.7. The molecular weight excluding hydrogens is 352 g/mol. The summed E-state index contributed by atoms with van der Waals surface area (Å²) in [7, 11) is -1.51. The predicted molar refractivity (Wildman–Crippen MR) is 104 cm³/mol. The topological polar surface area (TPSA) is 64.2 Å². The largest absolute Gasteiger partial charge is 0.372 e. The second-order valence-electron chi connectivity index (χ2n) is 7.16. The molecule has 0 spiro atoms. The Morgan fingerprint density at radius 1 is 1.00 bits per heavy atom. The van der Waals surface area contributed by atoms with Crippen molar-refractivity contribution in [2.45, 2.75) is 12.8 Å². The quantitative estimate of drug-likeness (QED) is 0.757. The van der Waals surface area contributed by atoms with E-state index in [4.69, 9.17) is 0 Å². The Labute approximate surface area is 156 Å². The number of amides is 1. The van der Waals surface area contributed by atoms with Gasteiger partial charge in [0.1, 0.15) is 6.54 Å². The molecule has 2 aliphatic heterocycles. The first-order valence-corrected chi connectivity index (χ1v) is 11.0. The van der Waals surface area contributed by atoms with Crippen molar-refractivity contribution >= 4 is 27.3 Å². The standard InChI is InChI=1S/C18H28N4O3S/c1-19-11-13-21(14-12-19)18(23)15-22(26(2,24)25)17-7-5-16(6-8-17)20-9-3-4-10-20/h5-8H,3-4,9-15H2,1-2H3. The van der Waals surface area contributed by atoms with Crippen LogP contribution in [0.3, 0.4) is 0 Å². The van der Waals surface area contributed by atoms with E-state index in [9.17, 15) is 13.2 Å². The minimum atomic E-state index is -3.53. The fourth-order valence-corrected chi connectivity index (χ4v) is 4.33. The van der Waals surface area contributed by atoms with Crippen molar-refractivity contribution < 1.29 is 13.2 Å². The molecule has 2 fully saturated rings. The van der Waals surface area contributed by atoms with E-state index in [-0.39, 0.29) is 12.5 Å². The molecule has 3 rings (SSSR count). The van der Waals surface area contributed by atoms with Crippen LogP contribution in [0.5, 0.6) is 0 Å². The number of anilines is 2. The summed E-state index contributed by atoms with van der Waals surface area (Å²) < 4.78 is 25.8. The molecule has 1 aromatic carbocycles.